The van der Waals surface area contributed by atoms with E-state index in [-0.39, 0.29) is 35.5 Å². The van der Waals surface area contributed by atoms with E-state index >= 15 is 0 Å². The molecule has 0 fully saturated rings. The van der Waals surface area contributed by atoms with Gasteiger partial charge in [0.15, 0.2) is 0 Å². The van der Waals surface area contributed by atoms with Crippen LogP contribution >= 0.6 is 0 Å². The van der Waals surface area contributed by atoms with Gasteiger partial charge in [-0.3, -0.25) is 28.5 Å². The van der Waals surface area contributed by atoms with Crippen molar-refractivity contribution in [3.63, 3.8) is 0 Å². The van der Waals surface area contributed by atoms with E-state index in [0.29, 0.717) is 13.2 Å². The lowest BCUT2D eigenvalue weighted by Crippen LogP contribution is -2.34. The number of hydrogen-bond donors (Lipinski definition) is 2. The van der Waals surface area contributed by atoms with E-state index < -0.39 is 20.2 Å². The summed E-state index contributed by atoms with van der Waals surface area (Å²) in [5, 5.41) is 0. The van der Waals surface area contributed by atoms with Gasteiger partial charge in [0, 0.05) is 0 Å². The molecule has 0 rings (SSSR count). The normalized spacial score (nSPS) is 12.6. The highest BCUT2D eigenvalue weighted by atomic mass is 32.2. The summed E-state index contributed by atoms with van der Waals surface area (Å²) in [7, 11) is 0.112. The predicted molar refractivity (Wildman–Crippen MR) is 133 cm³/mol. The van der Waals surface area contributed by atoms with Crippen molar-refractivity contribution < 1.29 is 45.0 Å². The van der Waals surface area contributed by atoms with Crippen molar-refractivity contribution >= 4 is 32.2 Å². The number of esters is 2. The zero-order chi connectivity index (χ0) is 28.1. The summed E-state index contributed by atoms with van der Waals surface area (Å²) in [6.45, 7) is 11.4. The minimum Gasteiger partial charge on any atom is -0.465 e. The van der Waals surface area contributed by atoms with Crippen LogP contribution in [0.25, 0.3) is 0 Å². The number of likely N-dealkylation sites (N-methyl/N-ethyl adjacent to an activating group) is 2. The van der Waals surface area contributed by atoms with Crippen LogP contribution in [-0.4, -0.2) is 113 Å². The zero-order valence-corrected chi connectivity index (χ0v) is 23.9. The van der Waals surface area contributed by atoms with Crippen LogP contribution in [0.15, 0.2) is 0 Å². The van der Waals surface area contributed by atoms with Gasteiger partial charge in [-0.25, -0.2) is 0 Å². The number of hydrogen-bond acceptors (Lipinski definition) is 10. The summed E-state index contributed by atoms with van der Waals surface area (Å²) in [6, 6.07) is -0.275. The fraction of sp³-hybridized carbons (Fsp3) is 0.900. The van der Waals surface area contributed by atoms with Crippen LogP contribution in [0.4, 0.5) is 0 Å². The number of carbonyl (C=O) groups is 2. The number of nitrogens with zero attached hydrogens (tertiary/aromatic N) is 2. The first-order valence-electron chi connectivity index (χ1n) is 10.9. The van der Waals surface area contributed by atoms with E-state index in [9.17, 15) is 26.4 Å². The van der Waals surface area contributed by atoms with Gasteiger partial charge in [-0.1, -0.05) is 13.8 Å². The topological polar surface area (TPSA) is 168 Å². The first-order valence-corrected chi connectivity index (χ1v) is 14.1. The van der Waals surface area contributed by atoms with Crippen LogP contribution in [0.5, 0.6) is 0 Å². The Morgan fingerprint density at radius 1 is 0.676 bits per heavy atom. The first-order chi connectivity index (χ1) is 15.3. The van der Waals surface area contributed by atoms with Crippen LogP contribution < -0.4 is 0 Å². The molecule has 34 heavy (non-hydrogen) atoms. The Morgan fingerprint density at radius 3 is 1.00 bits per heavy atom. The van der Waals surface area contributed by atoms with Gasteiger partial charge in [0.1, 0.15) is 12.1 Å². The first kappa shape index (κ1) is 39.9. The molecule has 208 valence electrons. The molecule has 0 heterocycles. The SMILES string of the molecule is CCCOC(=O)C(C)N(C)C.CCCOC(=O)C(C)N(C)C.CCS(=O)(=O)O.CCS(=O)(=O)O. The molecule has 0 radical (unpaired) electrons. The predicted octanol–water partition coefficient (Wildman–Crippen LogP) is 1.57. The van der Waals surface area contributed by atoms with Gasteiger partial charge in [-0.15, -0.1) is 0 Å². The molecule has 0 bridgehead atoms. The van der Waals surface area contributed by atoms with Gasteiger partial charge in [-0.05, 0) is 68.7 Å². The molecular weight excluding hydrogens is 492 g/mol. The van der Waals surface area contributed by atoms with Crippen LogP contribution in [0, 0.1) is 0 Å². The second kappa shape index (κ2) is 22.2. The van der Waals surface area contributed by atoms with Gasteiger partial charge in [-0.2, -0.15) is 16.8 Å². The smallest absolute Gasteiger partial charge is 0.323 e. The van der Waals surface area contributed by atoms with Crippen LogP contribution in [0.3, 0.4) is 0 Å². The molecule has 0 aliphatic rings. The van der Waals surface area contributed by atoms with E-state index in [1.165, 1.54) is 13.8 Å². The maximum atomic E-state index is 11.1. The summed E-state index contributed by atoms with van der Waals surface area (Å²) in [5.74, 6) is -0.686. The summed E-state index contributed by atoms with van der Waals surface area (Å²) < 4.78 is 63.7. The van der Waals surface area contributed by atoms with E-state index in [4.69, 9.17) is 18.6 Å². The van der Waals surface area contributed by atoms with Crippen molar-refractivity contribution in [2.24, 2.45) is 0 Å². The van der Waals surface area contributed by atoms with Gasteiger partial charge in [0.25, 0.3) is 20.2 Å². The van der Waals surface area contributed by atoms with Crippen molar-refractivity contribution in [2.75, 3.05) is 52.9 Å². The van der Waals surface area contributed by atoms with E-state index in [1.54, 1.807) is 0 Å². The maximum Gasteiger partial charge on any atom is 0.323 e. The van der Waals surface area contributed by atoms with Gasteiger partial charge < -0.3 is 9.47 Å². The molecule has 2 N–H and O–H groups in total. The van der Waals surface area contributed by atoms with E-state index in [1.807, 2.05) is 65.7 Å². The number of ether oxygens (including phenoxy) is 2. The van der Waals surface area contributed by atoms with Crippen molar-refractivity contribution in [1.29, 1.82) is 0 Å². The molecule has 0 aliphatic heterocycles. The van der Waals surface area contributed by atoms with E-state index in [0.717, 1.165) is 12.8 Å². The highest BCUT2D eigenvalue weighted by Gasteiger charge is 2.16. The fourth-order valence-electron chi connectivity index (χ4n) is 1.07. The number of carbonyl (C=O) groups excluding carboxylic acids is 2. The largest absolute Gasteiger partial charge is 0.465 e. The lowest BCUT2D eigenvalue weighted by molar-refractivity contribution is -0.149. The Kier molecular flexibility index (Phi) is 26.0. The summed E-state index contributed by atoms with van der Waals surface area (Å²) >= 11 is 0. The molecule has 0 aliphatic carbocycles. The minimum atomic E-state index is -3.66. The molecule has 14 heteroatoms. The molecular formula is C20H46N2O10S2. The average Bonchev–Trinajstić information content (AvgIpc) is 2.74. The monoisotopic (exact) mass is 538 g/mol. The molecule has 0 aromatic carbocycles. The molecule has 0 saturated carbocycles. The van der Waals surface area contributed by atoms with Gasteiger partial charge in [0.2, 0.25) is 0 Å². The lowest BCUT2D eigenvalue weighted by Gasteiger charge is -2.17. The Bertz CT molecular complexity index is 662. The standard InChI is InChI=1S/2C8H17NO2.2C2H6O3S/c2*1-5-6-11-8(10)7(2)9(3)4;2*1-2-6(3,4)5/h2*7H,5-6H2,1-4H3;2*2H2,1H3,(H,3,4,5). The van der Waals surface area contributed by atoms with Crippen molar-refractivity contribution in [2.45, 2.75) is 66.5 Å². The third kappa shape index (κ3) is 32.9. The highest BCUT2D eigenvalue weighted by molar-refractivity contribution is 7.85. The van der Waals surface area contributed by atoms with Crippen LogP contribution in [-0.2, 0) is 39.3 Å². The van der Waals surface area contributed by atoms with E-state index in [2.05, 4.69) is 0 Å². The third-order valence-electron chi connectivity index (χ3n) is 3.86. The quantitative estimate of drug-likeness (QED) is 0.305. The average molecular weight is 539 g/mol. The van der Waals surface area contributed by atoms with Gasteiger partial charge >= 0.3 is 11.9 Å². The fourth-order valence-corrected chi connectivity index (χ4v) is 1.07. The Balaban J connectivity index is -0.000000184. The van der Waals surface area contributed by atoms with Crippen molar-refractivity contribution in [3.05, 3.63) is 0 Å². The van der Waals surface area contributed by atoms with Crippen LogP contribution in [0.2, 0.25) is 0 Å². The van der Waals surface area contributed by atoms with Gasteiger partial charge in [0.05, 0.1) is 24.7 Å². The summed E-state index contributed by atoms with van der Waals surface area (Å²) in [5.41, 5.74) is 0. The van der Waals surface area contributed by atoms with Crippen LogP contribution in [0.1, 0.15) is 54.4 Å². The minimum absolute atomic E-state index is 0.137. The molecule has 0 spiro atoms. The molecule has 2 atom stereocenters. The zero-order valence-electron chi connectivity index (χ0n) is 22.3. The maximum absolute atomic E-state index is 11.1. The molecule has 0 aromatic rings. The summed E-state index contributed by atoms with van der Waals surface area (Å²) in [6.07, 6.45) is 1.76. The molecule has 12 nitrogen and oxygen atoms in total. The highest BCUT2D eigenvalue weighted by Crippen LogP contribution is 1.96. The summed E-state index contributed by atoms with van der Waals surface area (Å²) in [4.78, 5) is 25.8. The lowest BCUT2D eigenvalue weighted by atomic mass is 10.3. The Hall–Kier alpha value is -1.32. The number of rotatable bonds is 10. The molecule has 0 aromatic heterocycles. The van der Waals surface area contributed by atoms with Crippen molar-refractivity contribution in [1.82, 2.24) is 9.80 Å². The molecule has 2 unspecified atom stereocenters. The Morgan fingerprint density at radius 2 is 0.882 bits per heavy atom. The van der Waals surface area contributed by atoms with Crippen molar-refractivity contribution in [3.8, 4) is 0 Å². The third-order valence-corrected chi connectivity index (χ3v) is 5.32. The second-order valence-electron chi connectivity index (χ2n) is 7.36. The Labute approximate surface area is 206 Å². The molecule has 0 saturated heterocycles. The molecule has 0 amide bonds. The second-order valence-corrected chi connectivity index (χ2v) is 10.8.